The number of nitrogens with one attached hydrogen (secondary N) is 1. The van der Waals surface area contributed by atoms with Gasteiger partial charge in [-0.3, -0.25) is 4.79 Å². The van der Waals surface area contributed by atoms with E-state index in [2.05, 4.69) is 9.62 Å². The van der Waals surface area contributed by atoms with Gasteiger partial charge in [-0.05, 0) is 76.7 Å². The van der Waals surface area contributed by atoms with Crippen molar-refractivity contribution in [3.63, 3.8) is 0 Å². The number of likely N-dealkylation sites (tertiary alicyclic amines) is 2. The maximum Gasteiger partial charge on any atom is 0.255 e. The van der Waals surface area contributed by atoms with E-state index in [9.17, 15) is 13.2 Å². The highest BCUT2D eigenvalue weighted by Crippen LogP contribution is 2.26. The summed E-state index contributed by atoms with van der Waals surface area (Å²) in [4.78, 5) is 18.0. The SMILES string of the molecule is CSc1ccc(S(=O)(=O)NC2CCN(C)CC2)cc1C(=O)N1CCCCC1. The van der Waals surface area contributed by atoms with Crippen LogP contribution in [0.1, 0.15) is 42.5 Å². The van der Waals surface area contributed by atoms with Gasteiger partial charge < -0.3 is 9.80 Å². The highest BCUT2D eigenvalue weighted by molar-refractivity contribution is 7.98. The smallest absolute Gasteiger partial charge is 0.255 e. The standard InChI is InChI=1S/C19H29N3O3S2/c1-21-12-8-15(9-13-21)20-27(24,25)16-6-7-18(26-2)17(14-16)19(23)22-10-4-3-5-11-22/h6-7,14-15,20H,3-5,8-13H2,1-2H3. The van der Waals surface area contributed by atoms with Crippen LogP contribution < -0.4 is 4.72 Å². The fraction of sp³-hybridized carbons (Fsp3) is 0.632. The first kappa shape index (κ1) is 20.6. The minimum atomic E-state index is -3.64. The van der Waals surface area contributed by atoms with Crippen molar-refractivity contribution in [2.45, 2.75) is 47.9 Å². The molecular formula is C19H29N3O3S2. The molecule has 6 nitrogen and oxygen atoms in total. The summed E-state index contributed by atoms with van der Waals surface area (Å²) in [6, 6.07) is 4.87. The van der Waals surface area contributed by atoms with Crippen LogP contribution in [0.4, 0.5) is 0 Å². The Bertz CT molecular complexity index is 768. The van der Waals surface area contributed by atoms with Gasteiger partial charge in [-0.2, -0.15) is 0 Å². The molecule has 1 N–H and O–H groups in total. The van der Waals surface area contributed by atoms with Gasteiger partial charge >= 0.3 is 0 Å². The largest absolute Gasteiger partial charge is 0.339 e. The van der Waals surface area contributed by atoms with E-state index in [0.717, 1.165) is 63.2 Å². The first-order valence-corrected chi connectivity index (χ1v) is 12.3. The lowest BCUT2D eigenvalue weighted by Crippen LogP contribution is -2.43. The topological polar surface area (TPSA) is 69.7 Å². The van der Waals surface area contributed by atoms with E-state index in [1.165, 1.54) is 11.8 Å². The molecule has 1 aromatic carbocycles. The number of hydrogen-bond donors (Lipinski definition) is 1. The number of nitrogens with zero attached hydrogens (tertiary/aromatic N) is 2. The van der Waals surface area contributed by atoms with Crippen LogP contribution in [-0.4, -0.2) is 69.6 Å². The maximum absolute atomic E-state index is 13.0. The molecule has 0 radical (unpaired) electrons. The van der Waals surface area contributed by atoms with Gasteiger partial charge in [0, 0.05) is 24.0 Å². The van der Waals surface area contributed by atoms with E-state index < -0.39 is 10.0 Å². The Morgan fingerprint density at radius 3 is 2.41 bits per heavy atom. The number of thioether (sulfide) groups is 1. The van der Waals surface area contributed by atoms with Crippen molar-refractivity contribution in [2.24, 2.45) is 0 Å². The van der Waals surface area contributed by atoms with Crippen molar-refractivity contribution >= 4 is 27.7 Å². The highest BCUT2D eigenvalue weighted by atomic mass is 32.2. The summed E-state index contributed by atoms with van der Waals surface area (Å²) in [6.45, 7) is 3.27. The van der Waals surface area contributed by atoms with E-state index in [1.54, 1.807) is 18.2 Å². The fourth-order valence-corrected chi connectivity index (χ4v) is 5.60. The molecule has 0 aromatic heterocycles. The molecule has 0 aliphatic carbocycles. The number of hydrogen-bond acceptors (Lipinski definition) is 5. The van der Waals surface area contributed by atoms with Crippen LogP contribution in [0.25, 0.3) is 0 Å². The Morgan fingerprint density at radius 2 is 1.78 bits per heavy atom. The molecule has 0 spiro atoms. The van der Waals surface area contributed by atoms with Crippen LogP contribution in [-0.2, 0) is 10.0 Å². The summed E-state index contributed by atoms with van der Waals surface area (Å²) in [7, 11) is -1.59. The minimum absolute atomic E-state index is 0.0485. The van der Waals surface area contributed by atoms with E-state index >= 15 is 0 Å². The lowest BCUT2D eigenvalue weighted by atomic mass is 10.1. The third-order valence-electron chi connectivity index (χ3n) is 5.40. The van der Waals surface area contributed by atoms with Crippen molar-refractivity contribution in [1.82, 2.24) is 14.5 Å². The number of carbonyl (C=O) groups excluding carboxylic acids is 1. The van der Waals surface area contributed by atoms with Crippen molar-refractivity contribution in [3.8, 4) is 0 Å². The molecule has 0 atom stereocenters. The summed E-state index contributed by atoms with van der Waals surface area (Å²) in [5, 5.41) is 0. The average molecular weight is 412 g/mol. The molecular weight excluding hydrogens is 382 g/mol. The van der Waals surface area contributed by atoms with Crippen molar-refractivity contribution in [3.05, 3.63) is 23.8 Å². The van der Waals surface area contributed by atoms with E-state index in [0.29, 0.717) is 5.56 Å². The highest BCUT2D eigenvalue weighted by Gasteiger charge is 2.26. The molecule has 150 valence electrons. The van der Waals surface area contributed by atoms with E-state index in [1.807, 2.05) is 18.2 Å². The monoisotopic (exact) mass is 411 g/mol. The first-order chi connectivity index (χ1) is 12.9. The molecule has 2 saturated heterocycles. The zero-order chi connectivity index (χ0) is 19.4. The molecule has 2 aliphatic heterocycles. The molecule has 0 unspecified atom stereocenters. The zero-order valence-electron chi connectivity index (χ0n) is 16.1. The fourth-order valence-electron chi connectivity index (χ4n) is 3.70. The molecule has 2 aliphatic rings. The second-order valence-electron chi connectivity index (χ2n) is 7.41. The van der Waals surface area contributed by atoms with Gasteiger partial charge in [-0.1, -0.05) is 0 Å². The van der Waals surface area contributed by atoms with Crippen LogP contribution in [0.3, 0.4) is 0 Å². The quantitative estimate of drug-likeness (QED) is 0.754. The van der Waals surface area contributed by atoms with Crippen LogP contribution in [0.15, 0.2) is 28.0 Å². The van der Waals surface area contributed by atoms with Crippen molar-refractivity contribution in [2.75, 3.05) is 39.5 Å². The molecule has 1 aromatic rings. The normalized spacial score (nSPS) is 20.0. The van der Waals surface area contributed by atoms with Crippen LogP contribution in [0.2, 0.25) is 0 Å². The van der Waals surface area contributed by atoms with Crippen LogP contribution in [0, 0.1) is 0 Å². The predicted molar refractivity (Wildman–Crippen MR) is 109 cm³/mol. The third-order valence-corrected chi connectivity index (χ3v) is 7.71. The summed E-state index contributed by atoms with van der Waals surface area (Å²) in [6.07, 6.45) is 6.68. The van der Waals surface area contributed by atoms with E-state index in [4.69, 9.17) is 0 Å². The van der Waals surface area contributed by atoms with Gasteiger partial charge in [0.25, 0.3) is 5.91 Å². The maximum atomic E-state index is 13.0. The minimum Gasteiger partial charge on any atom is -0.339 e. The molecule has 3 rings (SSSR count). The Labute approximate surface area is 166 Å². The lowest BCUT2D eigenvalue weighted by molar-refractivity contribution is 0.0720. The Hall–Kier alpha value is -1.09. The summed E-state index contributed by atoms with van der Waals surface area (Å²) < 4.78 is 28.6. The van der Waals surface area contributed by atoms with E-state index in [-0.39, 0.29) is 16.8 Å². The van der Waals surface area contributed by atoms with Gasteiger partial charge in [0.1, 0.15) is 0 Å². The Morgan fingerprint density at radius 1 is 1.11 bits per heavy atom. The number of rotatable bonds is 5. The third kappa shape index (κ3) is 5.04. The van der Waals surface area contributed by atoms with Crippen molar-refractivity contribution in [1.29, 1.82) is 0 Å². The zero-order valence-corrected chi connectivity index (χ0v) is 17.7. The summed E-state index contributed by atoms with van der Waals surface area (Å²) in [5.74, 6) is -0.0598. The number of amides is 1. The molecule has 8 heteroatoms. The predicted octanol–water partition coefficient (Wildman–Crippen LogP) is 2.41. The summed E-state index contributed by atoms with van der Waals surface area (Å²) in [5.41, 5.74) is 0.496. The lowest BCUT2D eigenvalue weighted by Gasteiger charge is -2.29. The Kier molecular flexibility index (Phi) is 6.83. The van der Waals surface area contributed by atoms with Gasteiger partial charge in [0.2, 0.25) is 10.0 Å². The van der Waals surface area contributed by atoms with Crippen LogP contribution in [0.5, 0.6) is 0 Å². The molecule has 1 amide bonds. The second-order valence-corrected chi connectivity index (χ2v) is 9.98. The number of piperidine rings is 2. The van der Waals surface area contributed by atoms with Gasteiger partial charge in [-0.15, -0.1) is 11.8 Å². The number of carbonyl (C=O) groups is 1. The van der Waals surface area contributed by atoms with Crippen molar-refractivity contribution < 1.29 is 13.2 Å². The molecule has 27 heavy (non-hydrogen) atoms. The molecule has 2 heterocycles. The summed E-state index contributed by atoms with van der Waals surface area (Å²) >= 11 is 1.47. The molecule has 2 fully saturated rings. The second kappa shape index (κ2) is 8.94. The van der Waals surface area contributed by atoms with Gasteiger partial charge in [-0.25, -0.2) is 13.1 Å². The number of benzene rings is 1. The van der Waals surface area contributed by atoms with Gasteiger partial charge in [0.05, 0.1) is 10.5 Å². The molecule has 0 bridgehead atoms. The van der Waals surface area contributed by atoms with Crippen LogP contribution >= 0.6 is 11.8 Å². The Balaban J connectivity index is 1.82. The molecule has 0 saturated carbocycles. The first-order valence-electron chi connectivity index (χ1n) is 9.59. The average Bonchev–Trinajstić information content (AvgIpc) is 2.69. The number of sulfonamides is 1. The van der Waals surface area contributed by atoms with Gasteiger partial charge in [0.15, 0.2) is 0 Å².